The molecular formula is C11H12N4O3. The summed E-state index contributed by atoms with van der Waals surface area (Å²) in [5, 5.41) is 17.3. The van der Waals surface area contributed by atoms with Crippen molar-refractivity contribution in [1.29, 1.82) is 0 Å². The third-order valence-corrected chi connectivity index (χ3v) is 2.48. The van der Waals surface area contributed by atoms with Crippen LogP contribution in [0.5, 0.6) is 0 Å². The molecule has 0 amide bonds. The Morgan fingerprint density at radius 2 is 2.33 bits per heavy atom. The lowest BCUT2D eigenvalue weighted by atomic mass is 10.2. The molecule has 0 bridgehead atoms. The zero-order valence-corrected chi connectivity index (χ0v) is 9.79. The smallest absolute Gasteiger partial charge is 0.269 e. The molecule has 0 aliphatic carbocycles. The largest absolute Gasteiger partial charge is 0.384 e. The van der Waals surface area contributed by atoms with E-state index in [9.17, 15) is 10.1 Å². The zero-order chi connectivity index (χ0) is 13.0. The van der Waals surface area contributed by atoms with Gasteiger partial charge in [0.2, 0.25) is 5.89 Å². The van der Waals surface area contributed by atoms with Crippen LogP contribution in [-0.4, -0.2) is 21.6 Å². The lowest BCUT2D eigenvalue weighted by Crippen LogP contribution is -2.06. The first-order chi connectivity index (χ1) is 8.66. The minimum Gasteiger partial charge on any atom is -0.384 e. The maximum absolute atomic E-state index is 10.6. The van der Waals surface area contributed by atoms with Crippen LogP contribution in [0.15, 0.2) is 29.0 Å². The van der Waals surface area contributed by atoms with E-state index in [0.29, 0.717) is 18.9 Å². The van der Waals surface area contributed by atoms with Gasteiger partial charge in [-0.2, -0.15) is 4.98 Å². The minimum absolute atomic E-state index is 0.0925. The molecule has 0 aliphatic heterocycles. The Morgan fingerprint density at radius 3 is 2.94 bits per heavy atom. The van der Waals surface area contributed by atoms with E-state index in [4.69, 9.17) is 4.52 Å². The number of nitro benzene ring substituents is 1. The fourth-order valence-corrected chi connectivity index (χ4v) is 1.57. The average molecular weight is 248 g/mol. The molecule has 0 saturated carbocycles. The second kappa shape index (κ2) is 5.26. The SMILES string of the molecule is Cc1cc([N+](=O)[O-])ccc1NCCc1ncno1. The van der Waals surface area contributed by atoms with Crippen LogP contribution in [0.2, 0.25) is 0 Å². The van der Waals surface area contributed by atoms with Crippen LogP contribution >= 0.6 is 0 Å². The van der Waals surface area contributed by atoms with Gasteiger partial charge in [0.15, 0.2) is 6.33 Å². The molecule has 2 aromatic rings. The molecule has 7 heteroatoms. The number of hydrogen-bond acceptors (Lipinski definition) is 6. The standard InChI is InChI=1S/C11H12N4O3/c1-8-6-9(15(16)17)2-3-10(8)12-5-4-11-13-7-14-18-11/h2-3,6-7,12H,4-5H2,1H3. The van der Waals surface area contributed by atoms with Gasteiger partial charge < -0.3 is 9.84 Å². The Hall–Kier alpha value is -2.44. The minimum atomic E-state index is -0.408. The highest BCUT2D eigenvalue weighted by molar-refractivity contribution is 5.55. The number of rotatable bonds is 5. The summed E-state index contributed by atoms with van der Waals surface area (Å²) in [7, 11) is 0. The Kier molecular flexibility index (Phi) is 3.52. The van der Waals surface area contributed by atoms with Gasteiger partial charge in [-0.3, -0.25) is 10.1 Å². The van der Waals surface area contributed by atoms with Crippen molar-refractivity contribution in [2.24, 2.45) is 0 Å². The van der Waals surface area contributed by atoms with Crippen molar-refractivity contribution in [3.63, 3.8) is 0 Å². The molecule has 1 N–H and O–H groups in total. The molecule has 7 nitrogen and oxygen atoms in total. The van der Waals surface area contributed by atoms with Crippen molar-refractivity contribution in [1.82, 2.24) is 10.1 Å². The van der Waals surface area contributed by atoms with Crippen LogP contribution in [0.3, 0.4) is 0 Å². The maximum Gasteiger partial charge on any atom is 0.269 e. The van der Waals surface area contributed by atoms with Crippen molar-refractivity contribution in [3.05, 3.63) is 46.1 Å². The molecule has 94 valence electrons. The van der Waals surface area contributed by atoms with Gasteiger partial charge in [-0.05, 0) is 18.6 Å². The second-order valence-corrected chi connectivity index (χ2v) is 3.77. The van der Waals surface area contributed by atoms with Gasteiger partial charge in [0.25, 0.3) is 5.69 Å². The Morgan fingerprint density at radius 1 is 1.50 bits per heavy atom. The maximum atomic E-state index is 10.6. The van der Waals surface area contributed by atoms with Crippen LogP contribution in [0.25, 0.3) is 0 Å². The molecule has 0 fully saturated rings. The number of nitro groups is 1. The lowest BCUT2D eigenvalue weighted by molar-refractivity contribution is -0.384. The molecule has 2 rings (SSSR count). The van der Waals surface area contributed by atoms with Gasteiger partial charge in [-0.15, -0.1) is 0 Å². The summed E-state index contributed by atoms with van der Waals surface area (Å²) >= 11 is 0. The van der Waals surface area contributed by atoms with E-state index >= 15 is 0 Å². The van der Waals surface area contributed by atoms with Crippen molar-refractivity contribution in [2.75, 3.05) is 11.9 Å². The van der Waals surface area contributed by atoms with Crippen LogP contribution < -0.4 is 5.32 Å². The predicted octanol–water partition coefficient (Wildman–Crippen LogP) is 1.94. The molecule has 0 radical (unpaired) electrons. The first-order valence-corrected chi connectivity index (χ1v) is 5.41. The highest BCUT2D eigenvalue weighted by atomic mass is 16.6. The first-order valence-electron chi connectivity index (χ1n) is 5.41. The molecule has 0 aliphatic rings. The average Bonchev–Trinajstić information content (AvgIpc) is 2.84. The van der Waals surface area contributed by atoms with Crippen LogP contribution in [0, 0.1) is 17.0 Å². The number of aromatic nitrogens is 2. The Balaban J connectivity index is 1.95. The molecule has 1 heterocycles. The molecule has 0 unspecified atom stereocenters. The highest BCUT2D eigenvalue weighted by Crippen LogP contribution is 2.20. The molecule has 1 aromatic heterocycles. The fourth-order valence-electron chi connectivity index (χ4n) is 1.57. The normalized spacial score (nSPS) is 10.3. The van der Waals surface area contributed by atoms with E-state index in [1.54, 1.807) is 6.07 Å². The van der Waals surface area contributed by atoms with Crippen molar-refractivity contribution >= 4 is 11.4 Å². The fraction of sp³-hybridized carbons (Fsp3) is 0.273. The van der Waals surface area contributed by atoms with Gasteiger partial charge in [-0.25, -0.2) is 0 Å². The molecule has 1 aromatic carbocycles. The van der Waals surface area contributed by atoms with E-state index in [-0.39, 0.29) is 5.69 Å². The van der Waals surface area contributed by atoms with E-state index < -0.39 is 4.92 Å². The number of aryl methyl sites for hydroxylation is 1. The molecule has 0 saturated heterocycles. The number of nitrogens with zero attached hydrogens (tertiary/aromatic N) is 3. The number of anilines is 1. The summed E-state index contributed by atoms with van der Waals surface area (Å²) < 4.78 is 4.86. The third kappa shape index (κ3) is 2.82. The van der Waals surface area contributed by atoms with Crippen LogP contribution in [-0.2, 0) is 6.42 Å². The number of non-ortho nitro benzene ring substituents is 1. The summed E-state index contributed by atoms with van der Waals surface area (Å²) in [6.07, 6.45) is 1.96. The molecule has 0 spiro atoms. The lowest BCUT2D eigenvalue weighted by Gasteiger charge is -2.07. The number of benzene rings is 1. The summed E-state index contributed by atoms with van der Waals surface area (Å²) in [5.74, 6) is 0.557. The van der Waals surface area contributed by atoms with E-state index in [2.05, 4.69) is 15.5 Å². The van der Waals surface area contributed by atoms with Crippen molar-refractivity contribution < 1.29 is 9.45 Å². The Bertz CT molecular complexity index is 539. The van der Waals surface area contributed by atoms with Gasteiger partial charge in [-0.1, -0.05) is 5.16 Å². The highest BCUT2D eigenvalue weighted by Gasteiger charge is 2.07. The van der Waals surface area contributed by atoms with Gasteiger partial charge in [0.05, 0.1) is 4.92 Å². The van der Waals surface area contributed by atoms with Gasteiger partial charge in [0, 0.05) is 30.8 Å². The van der Waals surface area contributed by atoms with E-state index in [1.165, 1.54) is 18.5 Å². The summed E-state index contributed by atoms with van der Waals surface area (Å²) in [6.45, 7) is 2.45. The Labute approximate surface area is 103 Å². The monoisotopic (exact) mass is 248 g/mol. The quantitative estimate of drug-likeness (QED) is 0.641. The van der Waals surface area contributed by atoms with Gasteiger partial charge >= 0.3 is 0 Å². The van der Waals surface area contributed by atoms with E-state index in [1.807, 2.05) is 6.92 Å². The predicted molar refractivity (Wildman–Crippen MR) is 64.3 cm³/mol. The second-order valence-electron chi connectivity index (χ2n) is 3.77. The summed E-state index contributed by atoms with van der Waals surface area (Å²) in [6, 6.07) is 4.71. The first kappa shape index (κ1) is 12.0. The number of nitrogens with one attached hydrogen (secondary N) is 1. The molecule has 18 heavy (non-hydrogen) atoms. The summed E-state index contributed by atoms with van der Waals surface area (Å²) in [5.41, 5.74) is 1.78. The molecule has 0 atom stereocenters. The van der Waals surface area contributed by atoms with Crippen molar-refractivity contribution in [3.8, 4) is 0 Å². The van der Waals surface area contributed by atoms with Gasteiger partial charge in [0.1, 0.15) is 0 Å². The van der Waals surface area contributed by atoms with Crippen molar-refractivity contribution in [2.45, 2.75) is 13.3 Å². The number of hydrogen-bond donors (Lipinski definition) is 1. The van der Waals surface area contributed by atoms with Crippen LogP contribution in [0.1, 0.15) is 11.5 Å². The summed E-state index contributed by atoms with van der Waals surface area (Å²) in [4.78, 5) is 14.1. The zero-order valence-electron chi connectivity index (χ0n) is 9.79. The topological polar surface area (TPSA) is 94.1 Å². The molecular weight excluding hydrogens is 236 g/mol. The van der Waals surface area contributed by atoms with Crippen LogP contribution in [0.4, 0.5) is 11.4 Å². The van der Waals surface area contributed by atoms with E-state index in [0.717, 1.165) is 11.3 Å². The third-order valence-electron chi connectivity index (χ3n) is 2.48.